The molecule has 5 heteroatoms. The standard InChI is InChI=1S/C19H21N3OS/c1-14(19-20-16-11-7-8-12-17(16)24-19)22(3)18(23)13-21(2)15-9-5-4-6-10-15/h4-12,14H,13H2,1-3H3/t14-/m0/s1. The predicted molar refractivity (Wildman–Crippen MR) is 101 cm³/mol. The summed E-state index contributed by atoms with van der Waals surface area (Å²) in [6.45, 7) is 2.37. The lowest BCUT2D eigenvalue weighted by Gasteiger charge is -2.27. The lowest BCUT2D eigenvalue weighted by atomic mass is 10.2. The molecule has 1 aromatic heterocycles. The number of carbonyl (C=O) groups is 1. The molecule has 0 aliphatic carbocycles. The van der Waals surface area contributed by atoms with E-state index in [9.17, 15) is 4.79 Å². The molecule has 0 N–H and O–H groups in total. The molecule has 0 saturated heterocycles. The normalized spacial score (nSPS) is 12.1. The molecule has 0 aliphatic rings. The van der Waals surface area contributed by atoms with E-state index in [0.29, 0.717) is 6.54 Å². The van der Waals surface area contributed by atoms with Crippen molar-refractivity contribution in [1.82, 2.24) is 9.88 Å². The van der Waals surface area contributed by atoms with Gasteiger partial charge in [0.1, 0.15) is 5.01 Å². The maximum atomic E-state index is 12.6. The molecule has 1 atom stereocenters. The highest BCUT2D eigenvalue weighted by Crippen LogP contribution is 2.28. The Morgan fingerprint density at radius 1 is 1.08 bits per heavy atom. The van der Waals surface area contributed by atoms with Crippen LogP contribution in [0.1, 0.15) is 18.0 Å². The lowest BCUT2D eigenvalue weighted by Crippen LogP contribution is -2.38. The van der Waals surface area contributed by atoms with Crippen LogP contribution in [0.25, 0.3) is 10.2 Å². The third-order valence-electron chi connectivity index (χ3n) is 4.21. The highest BCUT2D eigenvalue weighted by atomic mass is 32.1. The van der Waals surface area contributed by atoms with Gasteiger partial charge in [-0.1, -0.05) is 30.3 Å². The van der Waals surface area contributed by atoms with Crippen molar-refractivity contribution in [3.63, 3.8) is 0 Å². The van der Waals surface area contributed by atoms with Crippen molar-refractivity contribution in [2.45, 2.75) is 13.0 Å². The van der Waals surface area contributed by atoms with Crippen LogP contribution in [0.4, 0.5) is 5.69 Å². The van der Waals surface area contributed by atoms with E-state index >= 15 is 0 Å². The minimum atomic E-state index is -0.0425. The van der Waals surface area contributed by atoms with E-state index in [4.69, 9.17) is 0 Å². The molecular weight excluding hydrogens is 318 g/mol. The fourth-order valence-electron chi connectivity index (χ4n) is 2.54. The van der Waals surface area contributed by atoms with Gasteiger partial charge in [0.2, 0.25) is 5.91 Å². The van der Waals surface area contributed by atoms with Gasteiger partial charge in [-0.2, -0.15) is 0 Å². The summed E-state index contributed by atoms with van der Waals surface area (Å²) >= 11 is 1.65. The molecule has 24 heavy (non-hydrogen) atoms. The summed E-state index contributed by atoms with van der Waals surface area (Å²) in [5, 5.41) is 0.967. The minimum Gasteiger partial charge on any atom is -0.365 e. The Morgan fingerprint density at radius 2 is 1.75 bits per heavy atom. The second kappa shape index (κ2) is 7.01. The molecule has 0 fully saturated rings. The average Bonchev–Trinajstić information content (AvgIpc) is 3.05. The van der Waals surface area contributed by atoms with Crippen molar-refractivity contribution in [3.05, 3.63) is 59.6 Å². The number of thiazole rings is 1. The summed E-state index contributed by atoms with van der Waals surface area (Å²) in [6, 6.07) is 18.0. The van der Waals surface area contributed by atoms with E-state index in [0.717, 1.165) is 20.9 Å². The number of aromatic nitrogens is 1. The van der Waals surface area contributed by atoms with E-state index in [-0.39, 0.29) is 11.9 Å². The number of likely N-dealkylation sites (N-methyl/N-ethyl adjacent to an activating group) is 2. The van der Waals surface area contributed by atoms with Gasteiger partial charge in [0.15, 0.2) is 0 Å². The number of fused-ring (bicyclic) bond motifs is 1. The molecule has 0 bridgehead atoms. The predicted octanol–water partition coefficient (Wildman–Crippen LogP) is 3.95. The summed E-state index contributed by atoms with van der Waals surface area (Å²) in [4.78, 5) is 21.0. The van der Waals surface area contributed by atoms with E-state index in [1.165, 1.54) is 0 Å². The number of nitrogens with zero attached hydrogens (tertiary/aromatic N) is 3. The van der Waals surface area contributed by atoms with Gasteiger partial charge in [-0.15, -0.1) is 11.3 Å². The molecule has 1 amide bonds. The molecule has 0 aliphatic heterocycles. The highest BCUT2D eigenvalue weighted by molar-refractivity contribution is 7.18. The lowest BCUT2D eigenvalue weighted by molar-refractivity contribution is -0.130. The largest absolute Gasteiger partial charge is 0.365 e. The van der Waals surface area contributed by atoms with Crippen molar-refractivity contribution < 1.29 is 4.79 Å². The first-order valence-electron chi connectivity index (χ1n) is 7.93. The zero-order valence-corrected chi connectivity index (χ0v) is 15.0. The summed E-state index contributed by atoms with van der Waals surface area (Å²) in [6.07, 6.45) is 0. The van der Waals surface area contributed by atoms with Crippen LogP contribution in [0.2, 0.25) is 0 Å². The highest BCUT2D eigenvalue weighted by Gasteiger charge is 2.21. The maximum Gasteiger partial charge on any atom is 0.242 e. The molecule has 0 saturated carbocycles. The third kappa shape index (κ3) is 3.41. The molecule has 124 valence electrons. The number of carbonyl (C=O) groups excluding carboxylic acids is 1. The molecule has 2 aromatic carbocycles. The monoisotopic (exact) mass is 339 g/mol. The van der Waals surface area contributed by atoms with Crippen LogP contribution in [0, 0.1) is 0 Å². The quantitative estimate of drug-likeness (QED) is 0.706. The maximum absolute atomic E-state index is 12.6. The Morgan fingerprint density at radius 3 is 2.46 bits per heavy atom. The zero-order valence-electron chi connectivity index (χ0n) is 14.1. The zero-order chi connectivity index (χ0) is 17.1. The Hall–Kier alpha value is -2.40. The number of hydrogen-bond acceptors (Lipinski definition) is 4. The van der Waals surface area contributed by atoms with Crippen LogP contribution in [-0.2, 0) is 4.79 Å². The second-order valence-corrected chi connectivity index (χ2v) is 6.95. The first-order chi connectivity index (χ1) is 11.6. The Kier molecular flexibility index (Phi) is 4.81. The minimum absolute atomic E-state index is 0.0425. The van der Waals surface area contributed by atoms with Crippen molar-refractivity contribution in [2.24, 2.45) is 0 Å². The van der Waals surface area contributed by atoms with Crippen molar-refractivity contribution in [1.29, 1.82) is 0 Å². The Bertz CT molecular complexity index is 798. The summed E-state index contributed by atoms with van der Waals surface area (Å²) in [7, 11) is 3.78. The molecule has 3 rings (SSSR count). The van der Waals surface area contributed by atoms with E-state index in [1.54, 1.807) is 16.2 Å². The van der Waals surface area contributed by atoms with E-state index in [2.05, 4.69) is 11.1 Å². The Labute approximate surface area is 146 Å². The summed E-state index contributed by atoms with van der Waals surface area (Å²) < 4.78 is 1.15. The molecule has 0 radical (unpaired) electrons. The van der Waals surface area contributed by atoms with Crippen LogP contribution < -0.4 is 4.90 Å². The number of benzene rings is 2. The van der Waals surface area contributed by atoms with Gasteiger partial charge in [0.25, 0.3) is 0 Å². The van der Waals surface area contributed by atoms with Gasteiger partial charge in [-0.3, -0.25) is 4.79 Å². The first-order valence-corrected chi connectivity index (χ1v) is 8.75. The molecular formula is C19H21N3OS. The first kappa shape index (κ1) is 16.5. The number of hydrogen-bond donors (Lipinski definition) is 0. The summed E-state index contributed by atoms with van der Waals surface area (Å²) in [5.41, 5.74) is 2.03. The van der Waals surface area contributed by atoms with Crippen molar-refractivity contribution in [3.8, 4) is 0 Å². The second-order valence-electron chi connectivity index (χ2n) is 5.89. The van der Waals surface area contributed by atoms with E-state index in [1.807, 2.05) is 74.4 Å². The van der Waals surface area contributed by atoms with Crippen LogP contribution in [0.15, 0.2) is 54.6 Å². The van der Waals surface area contributed by atoms with Crippen molar-refractivity contribution >= 4 is 33.1 Å². The molecule has 3 aromatic rings. The molecule has 0 unspecified atom stereocenters. The van der Waals surface area contributed by atoms with Gasteiger partial charge in [0.05, 0.1) is 22.8 Å². The Balaban J connectivity index is 1.70. The van der Waals surface area contributed by atoms with Crippen LogP contribution >= 0.6 is 11.3 Å². The van der Waals surface area contributed by atoms with Crippen molar-refractivity contribution in [2.75, 3.05) is 25.5 Å². The average molecular weight is 339 g/mol. The SMILES string of the molecule is C[C@@H](c1nc2ccccc2s1)N(C)C(=O)CN(C)c1ccccc1. The topological polar surface area (TPSA) is 36.4 Å². The summed E-state index contributed by atoms with van der Waals surface area (Å²) in [5.74, 6) is 0.0770. The number of rotatable bonds is 5. The van der Waals surface area contributed by atoms with E-state index < -0.39 is 0 Å². The number of amides is 1. The third-order valence-corrected chi connectivity index (χ3v) is 5.42. The van der Waals surface area contributed by atoms with Crippen LogP contribution in [0.5, 0.6) is 0 Å². The number of anilines is 1. The molecule has 0 spiro atoms. The van der Waals surface area contributed by atoms with Gasteiger partial charge in [-0.25, -0.2) is 4.98 Å². The fourth-order valence-corrected chi connectivity index (χ4v) is 3.60. The van der Waals surface area contributed by atoms with Crippen LogP contribution in [0.3, 0.4) is 0 Å². The molecule has 1 heterocycles. The van der Waals surface area contributed by atoms with Gasteiger partial charge in [-0.05, 0) is 31.2 Å². The number of para-hydroxylation sites is 2. The van der Waals surface area contributed by atoms with Gasteiger partial charge in [0, 0.05) is 19.8 Å². The fraction of sp³-hybridized carbons (Fsp3) is 0.263. The van der Waals surface area contributed by atoms with Gasteiger partial charge >= 0.3 is 0 Å². The smallest absolute Gasteiger partial charge is 0.242 e. The van der Waals surface area contributed by atoms with Crippen LogP contribution in [-0.4, -0.2) is 36.4 Å². The van der Waals surface area contributed by atoms with Gasteiger partial charge < -0.3 is 9.80 Å². The molecule has 4 nitrogen and oxygen atoms in total.